The van der Waals surface area contributed by atoms with E-state index < -0.39 is 0 Å². The van der Waals surface area contributed by atoms with Crippen LogP contribution in [-0.2, 0) is 0 Å². The molecule has 0 heteroatoms. The maximum Gasteiger partial charge on any atom is -0.0326 e. The Morgan fingerprint density at radius 1 is 0.889 bits per heavy atom. The Kier molecular flexibility index (Phi) is 5.57. The zero-order valence-corrected chi connectivity index (χ0v) is 12.8. The van der Waals surface area contributed by atoms with Crippen LogP contribution < -0.4 is 0 Å². The van der Waals surface area contributed by atoms with Gasteiger partial charge in [0.2, 0.25) is 0 Å². The summed E-state index contributed by atoms with van der Waals surface area (Å²) in [5, 5.41) is 0. The van der Waals surface area contributed by atoms with Gasteiger partial charge in [-0.25, -0.2) is 0 Å². The van der Waals surface area contributed by atoms with Crippen LogP contribution >= 0.6 is 0 Å². The summed E-state index contributed by atoms with van der Waals surface area (Å²) in [4.78, 5) is 0. The summed E-state index contributed by atoms with van der Waals surface area (Å²) in [5.41, 5.74) is 0.702. The SMILES string of the molecule is CC1CC1CCCCCC1(C)CCCCCCC1. The van der Waals surface area contributed by atoms with Gasteiger partial charge in [0.05, 0.1) is 0 Å². The second kappa shape index (κ2) is 6.96. The molecule has 0 nitrogen and oxygen atoms in total. The third-order valence-electron chi connectivity index (χ3n) is 5.69. The van der Waals surface area contributed by atoms with E-state index in [1.165, 1.54) is 83.5 Å². The molecule has 18 heavy (non-hydrogen) atoms. The van der Waals surface area contributed by atoms with E-state index in [-0.39, 0.29) is 0 Å². The Labute approximate surface area is 115 Å². The van der Waals surface area contributed by atoms with Crippen LogP contribution in [-0.4, -0.2) is 0 Å². The van der Waals surface area contributed by atoms with E-state index >= 15 is 0 Å². The fraction of sp³-hybridized carbons (Fsp3) is 1.00. The lowest BCUT2D eigenvalue weighted by molar-refractivity contribution is 0.211. The standard InChI is InChI=1S/C18H34/c1-16-15-17(16)11-7-6-10-14-18(2)12-8-4-3-5-9-13-18/h16-17H,3-15H2,1-2H3. The van der Waals surface area contributed by atoms with E-state index in [9.17, 15) is 0 Å². The molecule has 0 aromatic carbocycles. The highest BCUT2D eigenvalue weighted by Gasteiger charge is 2.31. The maximum absolute atomic E-state index is 2.57. The third kappa shape index (κ3) is 4.94. The fourth-order valence-corrected chi connectivity index (χ4v) is 3.95. The lowest BCUT2D eigenvalue weighted by Crippen LogP contribution is -2.17. The van der Waals surface area contributed by atoms with Crippen molar-refractivity contribution < 1.29 is 0 Å². The minimum atomic E-state index is 0.702. The fourth-order valence-electron chi connectivity index (χ4n) is 3.95. The van der Waals surface area contributed by atoms with Crippen LogP contribution in [0.25, 0.3) is 0 Å². The van der Waals surface area contributed by atoms with Crippen molar-refractivity contribution in [2.75, 3.05) is 0 Å². The quantitative estimate of drug-likeness (QED) is 0.482. The maximum atomic E-state index is 2.57. The first kappa shape index (κ1) is 14.4. The zero-order valence-electron chi connectivity index (χ0n) is 12.8. The molecule has 106 valence electrons. The number of rotatable bonds is 6. The summed E-state index contributed by atoms with van der Waals surface area (Å²) in [7, 11) is 0. The minimum absolute atomic E-state index is 0.702. The van der Waals surface area contributed by atoms with Gasteiger partial charge in [0.15, 0.2) is 0 Å². The molecule has 0 bridgehead atoms. The molecule has 2 saturated carbocycles. The Bertz CT molecular complexity index is 222. The van der Waals surface area contributed by atoms with Gasteiger partial charge in [0, 0.05) is 0 Å². The Morgan fingerprint density at radius 3 is 2.11 bits per heavy atom. The summed E-state index contributed by atoms with van der Waals surface area (Å²) >= 11 is 0. The smallest absolute Gasteiger partial charge is 0.0326 e. The Morgan fingerprint density at radius 2 is 1.50 bits per heavy atom. The van der Waals surface area contributed by atoms with Crippen LogP contribution in [0, 0.1) is 17.3 Å². The van der Waals surface area contributed by atoms with Crippen LogP contribution in [0.1, 0.15) is 97.3 Å². The van der Waals surface area contributed by atoms with Crippen LogP contribution in [0.5, 0.6) is 0 Å². The van der Waals surface area contributed by atoms with Gasteiger partial charge in [-0.3, -0.25) is 0 Å². The molecule has 0 radical (unpaired) electrons. The first-order valence-electron chi connectivity index (χ1n) is 8.70. The lowest BCUT2D eigenvalue weighted by atomic mass is 9.74. The summed E-state index contributed by atoms with van der Waals surface area (Å²) in [5.74, 6) is 2.18. The largest absolute Gasteiger partial charge is 0.0622 e. The highest BCUT2D eigenvalue weighted by atomic mass is 14.4. The van der Waals surface area contributed by atoms with E-state index in [0.717, 1.165) is 11.8 Å². The summed E-state index contributed by atoms with van der Waals surface area (Å²) in [6.07, 6.45) is 19.6. The van der Waals surface area contributed by atoms with Crippen LogP contribution in [0.4, 0.5) is 0 Å². The van der Waals surface area contributed by atoms with Crippen molar-refractivity contribution in [3.63, 3.8) is 0 Å². The lowest BCUT2D eigenvalue weighted by Gasteiger charge is -2.31. The zero-order chi connectivity index (χ0) is 12.8. The molecule has 0 amide bonds. The minimum Gasteiger partial charge on any atom is -0.0622 e. The average Bonchev–Trinajstić information content (AvgIpc) is 3.00. The van der Waals surface area contributed by atoms with Crippen molar-refractivity contribution in [2.45, 2.75) is 97.3 Å². The molecule has 2 aliphatic rings. The van der Waals surface area contributed by atoms with Gasteiger partial charge in [-0.15, -0.1) is 0 Å². The van der Waals surface area contributed by atoms with Crippen molar-refractivity contribution in [2.24, 2.45) is 17.3 Å². The number of unbranched alkanes of at least 4 members (excludes halogenated alkanes) is 2. The molecule has 2 atom stereocenters. The first-order valence-corrected chi connectivity index (χ1v) is 8.70. The predicted octanol–water partition coefficient (Wildman–Crippen LogP) is 6.34. The van der Waals surface area contributed by atoms with E-state index in [2.05, 4.69) is 13.8 Å². The second-order valence-corrected chi connectivity index (χ2v) is 7.65. The van der Waals surface area contributed by atoms with Gasteiger partial charge in [-0.05, 0) is 42.9 Å². The van der Waals surface area contributed by atoms with Crippen molar-refractivity contribution in [1.29, 1.82) is 0 Å². The molecular formula is C18H34. The van der Waals surface area contributed by atoms with Crippen molar-refractivity contribution >= 4 is 0 Å². The molecule has 0 aliphatic heterocycles. The van der Waals surface area contributed by atoms with Crippen molar-refractivity contribution in [3.8, 4) is 0 Å². The molecule has 2 unspecified atom stereocenters. The average molecular weight is 250 g/mol. The first-order chi connectivity index (χ1) is 8.70. The molecule has 2 rings (SSSR count). The molecule has 0 N–H and O–H groups in total. The summed E-state index contributed by atoms with van der Waals surface area (Å²) in [6.45, 7) is 4.99. The normalized spacial score (nSPS) is 31.7. The summed E-state index contributed by atoms with van der Waals surface area (Å²) in [6, 6.07) is 0. The van der Waals surface area contributed by atoms with Gasteiger partial charge in [0.25, 0.3) is 0 Å². The molecule has 0 aromatic rings. The highest BCUT2D eigenvalue weighted by Crippen LogP contribution is 2.42. The molecule has 0 aromatic heterocycles. The monoisotopic (exact) mass is 250 g/mol. The van der Waals surface area contributed by atoms with Gasteiger partial charge in [0.1, 0.15) is 0 Å². The second-order valence-electron chi connectivity index (χ2n) is 7.65. The van der Waals surface area contributed by atoms with E-state index in [0.29, 0.717) is 5.41 Å². The van der Waals surface area contributed by atoms with Crippen LogP contribution in [0.3, 0.4) is 0 Å². The van der Waals surface area contributed by atoms with Gasteiger partial charge >= 0.3 is 0 Å². The van der Waals surface area contributed by atoms with Crippen LogP contribution in [0.2, 0.25) is 0 Å². The van der Waals surface area contributed by atoms with Gasteiger partial charge in [-0.2, -0.15) is 0 Å². The molecular weight excluding hydrogens is 216 g/mol. The van der Waals surface area contributed by atoms with E-state index in [4.69, 9.17) is 0 Å². The third-order valence-corrected chi connectivity index (χ3v) is 5.69. The topological polar surface area (TPSA) is 0 Å². The highest BCUT2D eigenvalue weighted by molar-refractivity contribution is 4.82. The molecule has 0 heterocycles. The Hall–Kier alpha value is 0. The Balaban J connectivity index is 1.55. The number of hydrogen-bond donors (Lipinski definition) is 0. The molecule has 2 fully saturated rings. The van der Waals surface area contributed by atoms with E-state index in [1.54, 1.807) is 0 Å². The van der Waals surface area contributed by atoms with Gasteiger partial charge < -0.3 is 0 Å². The summed E-state index contributed by atoms with van der Waals surface area (Å²) < 4.78 is 0. The molecule has 0 saturated heterocycles. The van der Waals surface area contributed by atoms with Gasteiger partial charge in [-0.1, -0.05) is 71.6 Å². The van der Waals surface area contributed by atoms with Crippen molar-refractivity contribution in [1.82, 2.24) is 0 Å². The van der Waals surface area contributed by atoms with Crippen LogP contribution in [0.15, 0.2) is 0 Å². The molecule has 0 spiro atoms. The number of hydrogen-bond acceptors (Lipinski definition) is 0. The molecule has 2 aliphatic carbocycles. The van der Waals surface area contributed by atoms with Crippen molar-refractivity contribution in [3.05, 3.63) is 0 Å². The van der Waals surface area contributed by atoms with E-state index in [1.807, 2.05) is 0 Å². The predicted molar refractivity (Wildman–Crippen MR) is 80.8 cm³/mol.